The summed E-state index contributed by atoms with van der Waals surface area (Å²) in [4.78, 5) is 0. The Labute approximate surface area is 180 Å². The lowest BCUT2D eigenvalue weighted by Gasteiger charge is -2.26. The fourth-order valence-electron chi connectivity index (χ4n) is 5.48. The molecule has 0 aromatic heterocycles. The molecule has 1 heteroatoms. The van der Waals surface area contributed by atoms with Crippen LogP contribution in [-0.2, 0) is 5.41 Å². The molecule has 1 nitrogen and oxygen atoms in total. The zero-order valence-electron chi connectivity index (χ0n) is 18.1. The predicted octanol–water partition coefficient (Wildman–Crippen LogP) is 7.43. The lowest BCUT2D eigenvalue weighted by molar-refractivity contribution is -0.401. The van der Waals surface area contributed by atoms with Crippen molar-refractivity contribution in [1.82, 2.24) is 0 Å². The minimum Gasteiger partial charge on any atom is -0.198 e. The van der Waals surface area contributed by atoms with Crippen LogP contribution in [0.5, 0.6) is 0 Å². The summed E-state index contributed by atoms with van der Waals surface area (Å²) in [5, 5.41) is 2.73. The minimum atomic E-state index is -0.0284. The van der Waals surface area contributed by atoms with Crippen LogP contribution in [-0.4, -0.2) is 17.3 Å². The Hall–Kier alpha value is -2.93. The third-order valence-corrected chi connectivity index (χ3v) is 6.95. The van der Waals surface area contributed by atoms with E-state index in [4.69, 9.17) is 0 Å². The Balaban J connectivity index is 1.67. The molecule has 0 N–H and O–H groups in total. The van der Waals surface area contributed by atoms with Crippen molar-refractivity contribution in [1.29, 1.82) is 0 Å². The van der Waals surface area contributed by atoms with Gasteiger partial charge in [-0.05, 0) is 67.5 Å². The summed E-state index contributed by atoms with van der Waals surface area (Å²) in [6.45, 7) is 2.46. The highest BCUT2D eigenvalue weighted by atomic mass is 15.0. The first-order valence-electron chi connectivity index (χ1n) is 11.2. The Morgan fingerprint density at radius 1 is 0.900 bits per heavy atom. The number of rotatable bonds is 4. The monoisotopic (exact) mass is 392 g/mol. The van der Waals surface area contributed by atoms with Crippen LogP contribution >= 0.6 is 0 Å². The summed E-state index contributed by atoms with van der Waals surface area (Å²) in [7, 11) is 2.23. The summed E-state index contributed by atoms with van der Waals surface area (Å²) >= 11 is 0. The van der Waals surface area contributed by atoms with Crippen molar-refractivity contribution >= 4 is 28.2 Å². The van der Waals surface area contributed by atoms with E-state index in [1.165, 1.54) is 59.0 Å². The van der Waals surface area contributed by atoms with Gasteiger partial charge in [-0.1, -0.05) is 66.2 Å². The molecule has 150 valence electrons. The molecule has 3 aromatic rings. The van der Waals surface area contributed by atoms with Crippen molar-refractivity contribution in [3.05, 3.63) is 95.6 Å². The smallest absolute Gasteiger partial charge is 0.198 e. The SMILES string of the molecule is C[N+]1=C(C=Cc2ccccc2)C(C)(CC2=CCCCC2)c2c1ccc1ccccc21. The molecule has 0 spiro atoms. The van der Waals surface area contributed by atoms with Gasteiger partial charge in [0.15, 0.2) is 5.71 Å². The highest BCUT2D eigenvalue weighted by Crippen LogP contribution is 2.48. The van der Waals surface area contributed by atoms with E-state index >= 15 is 0 Å². The predicted molar refractivity (Wildman–Crippen MR) is 129 cm³/mol. The topological polar surface area (TPSA) is 3.01 Å². The van der Waals surface area contributed by atoms with Gasteiger partial charge in [0, 0.05) is 17.7 Å². The molecule has 0 bridgehead atoms. The average molecular weight is 393 g/mol. The standard InChI is InChI=1S/C29H30N/c1-29(21-23-13-7-4-8-14-23)27(20-17-22-11-5-3-6-12-22)30(2)26-19-18-24-15-9-10-16-25(24)28(26)29/h3,5-6,9-13,15-20H,4,7-8,14,21H2,1-2H3/q+1. The Morgan fingerprint density at radius 2 is 1.70 bits per heavy atom. The zero-order chi connectivity index (χ0) is 20.6. The fourth-order valence-corrected chi connectivity index (χ4v) is 5.48. The van der Waals surface area contributed by atoms with E-state index in [0.717, 1.165) is 6.42 Å². The minimum absolute atomic E-state index is 0.0284. The molecule has 5 rings (SSSR count). The normalized spacial score (nSPS) is 21.3. The quantitative estimate of drug-likeness (QED) is 0.321. The second-order valence-electron chi connectivity index (χ2n) is 8.99. The molecule has 3 aromatic carbocycles. The third-order valence-electron chi connectivity index (χ3n) is 6.95. The van der Waals surface area contributed by atoms with E-state index < -0.39 is 0 Å². The number of benzene rings is 3. The van der Waals surface area contributed by atoms with Gasteiger partial charge in [-0.2, -0.15) is 4.58 Å². The maximum atomic E-state index is 2.51. The van der Waals surface area contributed by atoms with Gasteiger partial charge in [-0.3, -0.25) is 0 Å². The second-order valence-corrected chi connectivity index (χ2v) is 8.99. The molecule has 0 radical (unpaired) electrons. The molecule has 1 aliphatic heterocycles. The van der Waals surface area contributed by atoms with Gasteiger partial charge in [0.25, 0.3) is 0 Å². The summed E-state index contributed by atoms with van der Waals surface area (Å²) in [5.74, 6) is 0. The molecule has 0 saturated heterocycles. The van der Waals surface area contributed by atoms with Crippen LogP contribution in [0.15, 0.2) is 84.5 Å². The number of hydrogen-bond donors (Lipinski definition) is 0. The van der Waals surface area contributed by atoms with Crippen LogP contribution in [0.3, 0.4) is 0 Å². The number of nitrogens with zero attached hydrogens (tertiary/aromatic N) is 1. The van der Waals surface area contributed by atoms with Gasteiger partial charge in [-0.25, -0.2) is 0 Å². The first-order valence-corrected chi connectivity index (χ1v) is 11.2. The molecule has 0 amide bonds. The van der Waals surface area contributed by atoms with E-state index in [0.29, 0.717) is 0 Å². The Bertz CT molecular complexity index is 1180. The van der Waals surface area contributed by atoms with Crippen molar-refractivity contribution in [2.75, 3.05) is 7.05 Å². The average Bonchev–Trinajstić information content (AvgIpc) is 3.00. The Morgan fingerprint density at radius 3 is 2.50 bits per heavy atom. The van der Waals surface area contributed by atoms with Crippen molar-refractivity contribution < 1.29 is 4.58 Å². The first kappa shape index (κ1) is 19.1. The van der Waals surface area contributed by atoms with E-state index in [1.807, 2.05) is 0 Å². The maximum Gasteiger partial charge on any atom is 0.210 e. The molecule has 30 heavy (non-hydrogen) atoms. The van der Waals surface area contributed by atoms with Gasteiger partial charge < -0.3 is 0 Å². The maximum absolute atomic E-state index is 2.51. The van der Waals surface area contributed by atoms with Gasteiger partial charge in [0.1, 0.15) is 7.05 Å². The van der Waals surface area contributed by atoms with Gasteiger partial charge >= 0.3 is 0 Å². The number of allylic oxidation sites excluding steroid dienone is 3. The van der Waals surface area contributed by atoms with Crippen LogP contribution < -0.4 is 0 Å². The second kappa shape index (κ2) is 7.72. The molecule has 0 saturated carbocycles. The molecule has 1 atom stereocenters. The highest BCUT2D eigenvalue weighted by Gasteiger charge is 2.48. The summed E-state index contributed by atoms with van der Waals surface area (Å²) < 4.78 is 2.42. The molecule has 1 aliphatic carbocycles. The van der Waals surface area contributed by atoms with E-state index in [9.17, 15) is 0 Å². The van der Waals surface area contributed by atoms with E-state index in [-0.39, 0.29) is 5.41 Å². The summed E-state index contributed by atoms with van der Waals surface area (Å²) in [5.41, 5.74) is 7.08. The van der Waals surface area contributed by atoms with Gasteiger partial charge in [-0.15, -0.1) is 0 Å². The largest absolute Gasteiger partial charge is 0.210 e. The van der Waals surface area contributed by atoms with Crippen LogP contribution in [0.4, 0.5) is 5.69 Å². The molecular formula is C29H30N+. The van der Waals surface area contributed by atoms with Crippen LogP contribution in [0, 0.1) is 0 Å². The van der Waals surface area contributed by atoms with Crippen LogP contribution in [0.1, 0.15) is 50.2 Å². The summed E-state index contributed by atoms with van der Waals surface area (Å²) in [6, 6.07) is 24.1. The molecule has 0 fully saturated rings. The number of hydrogen-bond acceptors (Lipinski definition) is 0. The van der Waals surface area contributed by atoms with Gasteiger partial charge in [0.2, 0.25) is 5.69 Å². The van der Waals surface area contributed by atoms with Crippen molar-refractivity contribution in [2.24, 2.45) is 0 Å². The van der Waals surface area contributed by atoms with E-state index in [1.54, 1.807) is 5.57 Å². The zero-order valence-corrected chi connectivity index (χ0v) is 18.1. The molecular weight excluding hydrogens is 362 g/mol. The third kappa shape index (κ3) is 3.23. The van der Waals surface area contributed by atoms with Crippen LogP contribution in [0.25, 0.3) is 16.8 Å². The highest BCUT2D eigenvalue weighted by molar-refractivity contribution is 6.09. The molecule has 1 heterocycles. The van der Waals surface area contributed by atoms with Crippen molar-refractivity contribution in [2.45, 2.75) is 44.4 Å². The number of fused-ring (bicyclic) bond motifs is 3. The van der Waals surface area contributed by atoms with E-state index in [2.05, 4.69) is 104 Å². The lowest BCUT2D eigenvalue weighted by atomic mass is 9.71. The van der Waals surface area contributed by atoms with Crippen molar-refractivity contribution in [3.8, 4) is 0 Å². The Kier molecular flexibility index (Phi) is 4.90. The first-order chi connectivity index (χ1) is 14.7. The molecule has 2 aliphatic rings. The molecule has 1 unspecified atom stereocenters. The van der Waals surface area contributed by atoms with Crippen LogP contribution in [0.2, 0.25) is 0 Å². The van der Waals surface area contributed by atoms with Crippen molar-refractivity contribution in [3.63, 3.8) is 0 Å². The lowest BCUT2D eigenvalue weighted by Crippen LogP contribution is -2.31. The summed E-state index contributed by atoms with van der Waals surface area (Å²) in [6.07, 6.45) is 13.4. The fraction of sp³-hybridized carbons (Fsp3) is 0.276. The van der Waals surface area contributed by atoms with Gasteiger partial charge in [0.05, 0.1) is 5.41 Å².